The van der Waals surface area contributed by atoms with E-state index in [4.69, 9.17) is 19.7 Å². The topological polar surface area (TPSA) is 105 Å². The minimum absolute atomic E-state index is 0.0312. The lowest BCUT2D eigenvalue weighted by atomic mass is 10.1. The van der Waals surface area contributed by atoms with Crippen LogP contribution in [0.3, 0.4) is 0 Å². The van der Waals surface area contributed by atoms with Crippen LogP contribution in [0.5, 0.6) is 0 Å². The van der Waals surface area contributed by atoms with Gasteiger partial charge in [0, 0.05) is 25.9 Å². The number of allylic oxidation sites excluding steroid dienone is 4. The van der Waals surface area contributed by atoms with Gasteiger partial charge < -0.3 is 25.0 Å². The van der Waals surface area contributed by atoms with Crippen LogP contribution >= 0.6 is 0 Å². The Labute approximate surface area is 296 Å². The number of aliphatic hydroxyl groups is 2. The maximum absolute atomic E-state index is 12.5. The lowest BCUT2D eigenvalue weighted by molar-refractivity contribution is -0.159. The van der Waals surface area contributed by atoms with Gasteiger partial charge in [0.05, 0.1) is 0 Å². The number of esters is 2. The summed E-state index contributed by atoms with van der Waals surface area (Å²) in [6.07, 6.45) is 39.1. The van der Waals surface area contributed by atoms with Crippen LogP contribution in [-0.2, 0) is 19.1 Å². The standard InChI is InChI=1S/C41H77NO6/c1-3-5-7-9-11-13-15-17-19-21-23-25-27-29-31-33-40(45)47-37-38(35-42-36-39(43)44)48-41(46)34-32-30-28-26-24-22-20-18-16-14-12-10-8-6-4-2/h17-20,38-39,42-44H,3-16,21-37H2,1-2H3/b19-17-,20-18-. The fourth-order valence-corrected chi connectivity index (χ4v) is 5.69. The van der Waals surface area contributed by atoms with Gasteiger partial charge in [-0.2, -0.15) is 0 Å². The minimum Gasteiger partial charge on any atom is -0.462 e. The molecule has 0 bridgehead atoms. The number of hydrogen-bond donors (Lipinski definition) is 3. The second-order valence-corrected chi connectivity index (χ2v) is 13.6. The zero-order valence-corrected chi connectivity index (χ0v) is 31.4. The molecular weight excluding hydrogens is 602 g/mol. The molecule has 0 radical (unpaired) electrons. The molecule has 1 atom stereocenters. The van der Waals surface area contributed by atoms with Gasteiger partial charge in [-0.05, 0) is 64.2 Å². The summed E-state index contributed by atoms with van der Waals surface area (Å²) in [7, 11) is 0. The predicted octanol–water partition coefficient (Wildman–Crippen LogP) is 10.4. The molecule has 0 aliphatic rings. The van der Waals surface area contributed by atoms with E-state index in [1.54, 1.807) is 0 Å². The first kappa shape index (κ1) is 46.3. The molecule has 282 valence electrons. The maximum Gasteiger partial charge on any atom is 0.306 e. The quantitative estimate of drug-likeness (QED) is 0.0260. The fourth-order valence-electron chi connectivity index (χ4n) is 5.69. The smallest absolute Gasteiger partial charge is 0.306 e. The maximum atomic E-state index is 12.5. The number of aliphatic hydroxyl groups excluding tert-OH is 1. The van der Waals surface area contributed by atoms with Crippen molar-refractivity contribution in [1.82, 2.24) is 5.32 Å². The molecule has 0 aromatic rings. The largest absolute Gasteiger partial charge is 0.462 e. The zero-order chi connectivity index (χ0) is 35.2. The van der Waals surface area contributed by atoms with Crippen molar-refractivity contribution in [2.75, 3.05) is 19.7 Å². The minimum atomic E-state index is -1.50. The lowest BCUT2D eigenvalue weighted by Crippen LogP contribution is -2.38. The molecule has 0 saturated heterocycles. The Morgan fingerprint density at radius 3 is 1.31 bits per heavy atom. The van der Waals surface area contributed by atoms with Crippen molar-refractivity contribution in [3.63, 3.8) is 0 Å². The molecule has 0 aromatic heterocycles. The first-order chi connectivity index (χ1) is 23.5. The van der Waals surface area contributed by atoms with Crippen LogP contribution in [0.15, 0.2) is 24.3 Å². The number of carbonyl (C=O) groups is 2. The van der Waals surface area contributed by atoms with Gasteiger partial charge in [0.25, 0.3) is 0 Å². The number of unbranched alkanes of at least 4 members (excludes halogenated alkanes) is 22. The van der Waals surface area contributed by atoms with Crippen LogP contribution in [0, 0.1) is 0 Å². The molecule has 0 heterocycles. The molecule has 0 aliphatic heterocycles. The van der Waals surface area contributed by atoms with E-state index in [-0.39, 0.29) is 31.6 Å². The summed E-state index contributed by atoms with van der Waals surface area (Å²) < 4.78 is 11.0. The summed E-state index contributed by atoms with van der Waals surface area (Å²) in [4.78, 5) is 24.8. The van der Waals surface area contributed by atoms with E-state index in [2.05, 4.69) is 43.5 Å². The molecule has 0 aliphatic carbocycles. The van der Waals surface area contributed by atoms with Gasteiger partial charge in [-0.1, -0.05) is 141 Å². The molecule has 0 amide bonds. The van der Waals surface area contributed by atoms with Crippen molar-refractivity contribution in [3.05, 3.63) is 24.3 Å². The number of carbonyl (C=O) groups excluding carboxylic acids is 2. The van der Waals surface area contributed by atoms with Crippen molar-refractivity contribution in [3.8, 4) is 0 Å². The van der Waals surface area contributed by atoms with Crippen molar-refractivity contribution in [1.29, 1.82) is 0 Å². The van der Waals surface area contributed by atoms with E-state index in [1.165, 1.54) is 116 Å². The molecule has 48 heavy (non-hydrogen) atoms. The van der Waals surface area contributed by atoms with Crippen molar-refractivity contribution < 1.29 is 29.3 Å². The Kier molecular flexibility index (Phi) is 36.8. The monoisotopic (exact) mass is 680 g/mol. The molecule has 0 saturated carbocycles. The fraction of sp³-hybridized carbons (Fsp3) is 0.854. The van der Waals surface area contributed by atoms with Crippen molar-refractivity contribution in [2.45, 2.75) is 206 Å². The van der Waals surface area contributed by atoms with Crippen LogP contribution in [0.25, 0.3) is 0 Å². The average molecular weight is 680 g/mol. The highest BCUT2D eigenvalue weighted by molar-refractivity contribution is 5.70. The predicted molar refractivity (Wildman–Crippen MR) is 201 cm³/mol. The number of ether oxygens (including phenoxy) is 2. The zero-order valence-electron chi connectivity index (χ0n) is 31.4. The summed E-state index contributed by atoms with van der Waals surface area (Å²) in [5.41, 5.74) is 0. The van der Waals surface area contributed by atoms with E-state index in [0.29, 0.717) is 12.8 Å². The second-order valence-electron chi connectivity index (χ2n) is 13.6. The van der Waals surface area contributed by atoms with E-state index >= 15 is 0 Å². The molecule has 0 spiro atoms. The van der Waals surface area contributed by atoms with Crippen molar-refractivity contribution in [2.24, 2.45) is 0 Å². The first-order valence-electron chi connectivity index (χ1n) is 20.2. The van der Waals surface area contributed by atoms with Gasteiger partial charge in [-0.3, -0.25) is 9.59 Å². The molecule has 0 fully saturated rings. The van der Waals surface area contributed by atoms with Crippen LogP contribution in [0.2, 0.25) is 0 Å². The number of rotatable bonds is 37. The van der Waals surface area contributed by atoms with E-state index in [1.807, 2.05) is 0 Å². The summed E-state index contributed by atoms with van der Waals surface area (Å²) in [5, 5.41) is 21.1. The third-order valence-corrected chi connectivity index (χ3v) is 8.71. The molecule has 1 unspecified atom stereocenters. The molecule has 7 nitrogen and oxygen atoms in total. The lowest BCUT2D eigenvalue weighted by Gasteiger charge is -2.19. The van der Waals surface area contributed by atoms with Gasteiger partial charge in [0.1, 0.15) is 12.7 Å². The van der Waals surface area contributed by atoms with Gasteiger partial charge in [0.15, 0.2) is 6.29 Å². The Morgan fingerprint density at radius 1 is 0.521 bits per heavy atom. The highest BCUT2D eigenvalue weighted by atomic mass is 16.6. The normalized spacial score (nSPS) is 12.4. The second kappa shape index (κ2) is 38.1. The van der Waals surface area contributed by atoms with E-state index < -0.39 is 12.4 Å². The Hall–Kier alpha value is -1.70. The third kappa shape index (κ3) is 37.1. The van der Waals surface area contributed by atoms with Crippen LogP contribution in [-0.4, -0.2) is 54.2 Å². The molecule has 0 rings (SSSR count). The van der Waals surface area contributed by atoms with Gasteiger partial charge >= 0.3 is 11.9 Å². The molecule has 0 aromatic carbocycles. The summed E-state index contributed by atoms with van der Waals surface area (Å²) in [5.74, 6) is -0.592. The molecule has 3 N–H and O–H groups in total. The summed E-state index contributed by atoms with van der Waals surface area (Å²) in [6.45, 7) is 4.62. The van der Waals surface area contributed by atoms with Gasteiger partial charge in [-0.25, -0.2) is 0 Å². The average Bonchev–Trinajstić information content (AvgIpc) is 3.06. The Bertz CT molecular complexity index is 753. The SMILES string of the molecule is CCCCCCCC/C=C\CCCCCCCC(=O)OCC(CNCC(O)O)OC(=O)CCCCCCC/C=C\CCCCCCCC. The summed E-state index contributed by atoms with van der Waals surface area (Å²) >= 11 is 0. The van der Waals surface area contributed by atoms with Crippen LogP contribution < -0.4 is 5.32 Å². The molecular formula is C41H77NO6. The number of hydrogen-bond acceptors (Lipinski definition) is 7. The van der Waals surface area contributed by atoms with E-state index in [0.717, 1.165) is 51.4 Å². The summed E-state index contributed by atoms with van der Waals surface area (Å²) in [6, 6.07) is 0. The Balaban J connectivity index is 3.93. The van der Waals surface area contributed by atoms with Crippen LogP contribution in [0.4, 0.5) is 0 Å². The van der Waals surface area contributed by atoms with E-state index in [9.17, 15) is 9.59 Å². The van der Waals surface area contributed by atoms with Crippen molar-refractivity contribution >= 4 is 11.9 Å². The third-order valence-electron chi connectivity index (χ3n) is 8.71. The molecule has 7 heteroatoms. The highest BCUT2D eigenvalue weighted by Gasteiger charge is 2.17. The Morgan fingerprint density at radius 2 is 0.896 bits per heavy atom. The van der Waals surface area contributed by atoms with Crippen LogP contribution in [0.1, 0.15) is 194 Å². The highest BCUT2D eigenvalue weighted by Crippen LogP contribution is 2.13. The number of nitrogens with one attached hydrogen (secondary N) is 1. The first-order valence-corrected chi connectivity index (χ1v) is 20.2. The van der Waals surface area contributed by atoms with Gasteiger partial charge in [-0.15, -0.1) is 0 Å². The van der Waals surface area contributed by atoms with Gasteiger partial charge in [0.2, 0.25) is 0 Å².